The van der Waals surface area contributed by atoms with Gasteiger partial charge in [0.25, 0.3) is 0 Å². The monoisotopic (exact) mass is 616 g/mol. The van der Waals surface area contributed by atoms with Crippen molar-refractivity contribution in [3.63, 3.8) is 0 Å². The minimum atomic E-state index is 0.880. The normalized spacial score (nSPS) is 11.5. The number of aromatic nitrogens is 2. The maximum Gasteiger partial charge on any atom is 0.137 e. The van der Waals surface area contributed by atoms with Gasteiger partial charge >= 0.3 is 0 Å². The van der Waals surface area contributed by atoms with Gasteiger partial charge in [-0.3, -0.25) is 9.80 Å². The molecule has 0 saturated heterocycles. The van der Waals surface area contributed by atoms with E-state index in [9.17, 15) is 0 Å². The van der Waals surface area contributed by atoms with Crippen molar-refractivity contribution in [3.8, 4) is 0 Å². The molecular formula is C44H32N4. The summed E-state index contributed by atoms with van der Waals surface area (Å²) in [7, 11) is 0. The molecule has 0 radical (unpaired) electrons. The molecule has 0 aliphatic heterocycles. The van der Waals surface area contributed by atoms with E-state index in [4.69, 9.17) is 9.97 Å². The number of anilines is 6. The van der Waals surface area contributed by atoms with Gasteiger partial charge in [-0.25, -0.2) is 9.97 Å². The number of benzene rings is 7. The highest BCUT2D eigenvalue weighted by Gasteiger charge is 2.24. The lowest BCUT2D eigenvalue weighted by molar-refractivity contribution is 1.18. The predicted molar refractivity (Wildman–Crippen MR) is 202 cm³/mol. The number of hydrogen-bond acceptors (Lipinski definition) is 4. The second-order valence-electron chi connectivity index (χ2n) is 12.4. The van der Waals surface area contributed by atoms with E-state index in [1.54, 1.807) is 0 Å². The summed E-state index contributed by atoms with van der Waals surface area (Å²) in [6.45, 7) is 4.45. The van der Waals surface area contributed by atoms with Crippen LogP contribution >= 0.6 is 0 Å². The second kappa shape index (κ2) is 11.2. The van der Waals surface area contributed by atoms with Crippen LogP contribution in [0.3, 0.4) is 0 Å². The average Bonchev–Trinajstić information content (AvgIpc) is 3.14. The highest BCUT2D eigenvalue weighted by molar-refractivity contribution is 6.29. The lowest BCUT2D eigenvalue weighted by Gasteiger charge is -2.30. The van der Waals surface area contributed by atoms with Gasteiger partial charge in [0.05, 0.1) is 17.1 Å². The Kier molecular flexibility index (Phi) is 6.54. The van der Waals surface area contributed by atoms with Gasteiger partial charge in [0.1, 0.15) is 11.6 Å². The highest BCUT2D eigenvalue weighted by atomic mass is 15.2. The van der Waals surface area contributed by atoms with Gasteiger partial charge in [-0.05, 0) is 107 Å². The van der Waals surface area contributed by atoms with Crippen LogP contribution in [0.1, 0.15) is 11.1 Å². The number of fused-ring (bicyclic) bond motifs is 1. The van der Waals surface area contributed by atoms with E-state index < -0.39 is 0 Å². The zero-order valence-electron chi connectivity index (χ0n) is 26.8. The predicted octanol–water partition coefficient (Wildman–Crippen LogP) is 12.1. The van der Waals surface area contributed by atoms with Crippen LogP contribution in [-0.2, 0) is 0 Å². The van der Waals surface area contributed by atoms with Gasteiger partial charge in [0.15, 0.2) is 0 Å². The Balaban J connectivity index is 1.38. The van der Waals surface area contributed by atoms with Gasteiger partial charge in [-0.15, -0.1) is 0 Å². The smallest absolute Gasteiger partial charge is 0.137 e. The van der Waals surface area contributed by atoms with Crippen LogP contribution in [0.25, 0.3) is 43.1 Å². The van der Waals surface area contributed by atoms with Crippen molar-refractivity contribution in [1.29, 1.82) is 0 Å². The molecule has 0 spiro atoms. The van der Waals surface area contributed by atoms with Crippen molar-refractivity contribution in [2.45, 2.75) is 13.8 Å². The third-order valence-corrected chi connectivity index (χ3v) is 9.53. The summed E-state index contributed by atoms with van der Waals surface area (Å²) < 4.78 is 0. The summed E-state index contributed by atoms with van der Waals surface area (Å²) in [5.74, 6) is 1.76. The van der Waals surface area contributed by atoms with Crippen molar-refractivity contribution in [2.24, 2.45) is 0 Å². The maximum atomic E-state index is 4.91. The first-order valence-electron chi connectivity index (χ1n) is 16.3. The quantitative estimate of drug-likeness (QED) is 0.174. The van der Waals surface area contributed by atoms with Gasteiger partial charge in [-0.1, -0.05) is 91.0 Å². The minimum Gasteiger partial charge on any atom is -0.294 e. The largest absolute Gasteiger partial charge is 0.294 e. The molecule has 9 rings (SSSR count). The van der Waals surface area contributed by atoms with E-state index >= 15 is 0 Å². The molecule has 0 aliphatic rings. The van der Waals surface area contributed by atoms with E-state index in [1.807, 2.05) is 24.5 Å². The van der Waals surface area contributed by atoms with Crippen molar-refractivity contribution in [2.75, 3.05) is 9.80 Å². The van der Waals surface area contributed by atoms with Crippen LogP contribution in [0, 0.1) is 13.8 Å². The molecule has 2 aromatic heterocycles. The minimum absolute atomic E-state index is 0.880. The number of nitrogens with zero attached hydrogens (tertiary/aromatic N) is 4. The molecule has 7 aromatic carbocycles. The number of aryl methyl sites for hydroxylation is 2. The molecule has 4 heteroatoms. The molecular weight excluding hydrogens is 585 g/mol. The summed E-state index contributed by atoms with van der Waals surface area (Å²) in [4.78, 5) is 14.3. The van der Waals surface area contributed by atoms with Crippen LogP contribution < -0.4 is 9.80 Å². The van der Waals surface area contributed by atoms with E-state index in [2.05, 4.69) is 157 Å². The Bertz CT molecular complexity index is 2540. The fourth-order valence-corrected chi connectivity index (χ4v) is 7.39. The Hall–Kier alpha value is -6.26. The molecule has 0 atom stereocenters. The maximum absolute atomic E-state index is 4.91. The van der Waals surface area contributed by atoms with E-state index in [1.165, 1.54) is 54.2 Å². The summed E-state index contributed by atoms with van der Waals surface area (Å²) in [5.41, 5.74) is 6.83. The third kappa shape index (κ3) is 4.38. The molecule has 0 N–H and O–H groups in total. The molecule has 0 amide bonds. The Morgan fingerprint density at radius 3 is 1.54 bits per heavy atom. The molecule has 0 fully saturated rings. The molecule has 9 aromatic rings. The van der Waals surface area contributed by atoms with Gasteiger partial charge < -0.3 is 0 Å². The van der Waals surface area contributed by atoms with Crippen molar-refractivity contribution in [3.05, 3.63) is 169 Å². The first-order valence-corrected chi connectivity index (χ1v) is 16.3. The number of hydrogen-bond donors (Lipinski definition) is 0. The molecule has 0 aliphatic carbocycles. The van der Waals surface area contributed by atoms with Crippen LogP contribution in [-0.4, -0.2) is 9.97 Å². The molecule has 228 valence electrons. The summed E-state index contributed by atoms with van der Waals surface area (Å²) in [6.07, 6.45) is 3.74. The average molecular weight is 617 g/mol. The lowest BCUT2D eigenvalue weighted by Crippen LogP contribution is -2.13. The van der Waals surface area contributed by atoms with Gasteiger partial charge in [0, 0.05) is 34.2 Å². The molecule has 0 bridgehead atoms. The van der Waals surface area contributed by atoms with Crippen LogP contribution in [0.2, 0.25) is 0 Å². The summed E-state index contributed by atoms with van der Waals surface area (Å²) in [6, 6.07) is 51.7. The number of rotatable bonds is 6. The Morgan fingerprint density at radius 1 is 0.396 bits per heavy atom. The fraction of sp³-hybridized carbons (Fsp3) is 0.0455. The van der Waals surface area contributed by atoms with Crippen LogP contribution in [0.5, 0.6) is 0 Å². The SMILES string of the molecule is Cc1cc(N(c2ccccc2)c2ccccn2)c2ccc3c(C)cc(N(c4ccccn4)c4cccc5ccccc45)c4ccc1c2c34. The fourth-order valence-electron chi connectivity index (χ4n) is 7.39. The van der Waals surface area contributed by atoms with Crippen LogP contribution in [0.4, 0.5) is 34.4 Å². The summed E-state index contributed by atoms with van der Waals surface area (Å²) in [5, 5.41) is 9.80. The lowest BCUT2D eigenvalue weighted by atomic mass is 9.88. The zero-order valence-corrected chi connectivity index (χ0v) is 26.8. The molecule has 0 saturated carbocycles. The molecule has 2 heterocycles. The van der Waals surface area contributed by atoms with E-state index in [0.29, 0.717) is 0 Å². The van der Waals surface area contributed by atoms with Gasteiger partial charge in [-0.2, -0.15) is 0 Å². The first-order chi connectivity index (χ1) is 23.7. The summed E-state index contributed by atoms with van der Waals surface area (Å²) >= 11 is 0. The van der Waals surface area contributed by atoms with Gasteiger partial charge in [0.2, 0.25) is 0 Å². The number of para-hydroxylation sites is 1. The highest BCUT2D eigenvalue weighted by Crippen LogP contribution is 2.49. The van der Waals surface area contributed by atoms with Crippen molar-refractivity contribution < 1.29 is 0 Å². The standard InChI is InChI=1S/C44H32N4/c1-29-27-39(47(32-15-4-3-5-16-32)41-19-8-10-25-45-41)36-23-21-34-30(2)28-40(37-24-22-33(29)43(36)44(34)37)48(42-20-9-11-26-46-42)38-18-12-14-31-13-6-7-17-35(31)38/h3-28H,1-2H3. The van der Waals surface area contributed by atoms with Crippen molar-refractivity contribution >= 4 is 77.5 Å². The topological polar surface area (TPSA) is 32.3 Å². The molecule has 4 nitrogen and oxygen atoms in total. The first kappa shape index (κ1) is 28.0. The number of pyridine rings is 2. The molecule has 0 unspecified atom stereocenters. The Labute approximate surface area is 279 Å². The Morgan fingerprint density at radius 2 is 0.917 bits per heavy atom. The van der Waals surface area contributed by atoms with E-state index in [0.717, 1.165) is 34.4 Å². The second-order valence-corrected chi connectivity index (χ2v) is 12.4. The third-order valence-electron chi connectivity index (χ3n) is 9.53. The van der Waals surface area contributed by atoms with E-state index in [-0.39, 0.29) is 0 Å². The van der Waals surface area contributed by atoms with Crippen molar-refractivity contribution in [1.82, 2.24) is 9.97 Å². The molecule has 48 heavy (non-hydrogen) atoms. The van der Waals surface area contributed by atoms with Crippen LogP contribution in [0.15, 0.2) is 158 Å². The zero-order chi connectivity index (χ0) is 32.2.